The van der Waals surface area contributed by atoms with Gasteiger partial charge in [0, 0.05) is 31.6 Å². The van der Waals surface area contributed by atoms with Gasteiger partial charge in [-0.3, -0.25) is 4.79 Å². The molecule has 0 unspecified atom stereocenters. The van der Waals surface area contributed by atoms with Crippen molar-refractivity contribution in [3.8, 4) is 5.88 Å². The van der Waals surface area contributed by atoms with Gasteiger partial charge in [-0.1, -0.05) is 0 Å². The third kappa shape index (κ3) is 3.46. The van der Waals surface area contributed by atoms with Crippen LogP contribution in [0.25, 0.3) is 0 Å². The fourth-order valence-electron chi connectivity index (χ4n) is 3.28. The lowest BCUT2D eigenvalue weighted by atomic mass is 10.2. The molecule has 0 atom stereocenters. The number of nitrogens with zero attached hydrogens (tertiary/aromatic N) is 4. The van der Waals surface area contributed by atoms with E-state index >= 15 is 0 Å². The molecule has 27 heavy (non-hydrogen) atoms. The van der Waals surface area contributed by atoms with Crippen LogP contribution in [0.2, 0.25) is 0 Å². The SMILES string of the molecule is N=C1CN(c2ccnc(O)c2)C(=O)/C1=C/Nc1ccc(N2CCCC2)nc1. The van der Waals surface area contributed by atoms with Crippen molar-refractivity contribution >= 4 is 28.8 Å². The van der Waals surface area contributed by atoms with Crippen LogP contribution in [0.5, 0.6) is 5.88 Å². The molecule has 3 N–H and O–H groups in total. The Morgan fingerprint density at radius 2 is 2.00 bits per heavy atom. The van der Waals surface area contributed by atoms with Gasteiger partial charge in [0.25, 0.3) is 5.91 Å². The second-order valence-electron chi connectivity index (χ2n) is 6.54. The van der Waals surface area contributed by atoms with Crippen LogP contribution < -0.4 is 15.1 Å². The fourth-order valence-corrected chi connectivity index (χ4v) is 3.28. The molecule has 0 bridgehead atoms. The highest BCUT2D eigenvalue weighted by atomic mass is 16.3. The van der Waals surface area contributed by atoms with Crippen LogP contribution in [0.1, 0.15) is 12.8 Å². The van der Waals surface area contributed by atoms with E-state index in [1.54, 1.807) is 12.3 Å². The fraction of sp³-hybridized carbons (Fsp3) is 0.263. The monoisotopic (exact) mass is 364 g/mol. The number of hydrogen-bond donors (Lipinski definition) is 3. The summed E-state index contributed by atoms with van der Waals surface area (Å²) in [7, 11) is 0. The zero-order valence-electron chi connectivity index (χ0n) is 14.7. The molecular formula is C19H20N6O2. The van der Waals surface area contributed by atoms with E-state index in [0.29, 0.717) is 5.69 Å². The van der Waals surface area contributed by atoms with Crippen LogP contribution in [0.3, 0.4) is 0 Å². The van der Waals surface area contributed by atoms with Crippen molar-refractivity contribution in [2.45, 2.75) is 12.8 Å². The minimum Gasteiger partial charge on any atom is -0.493 e. The summed E-state index contributed by atoms with van der Waals surface area (Å²) >= 11 is 0. The summed E-state index contributed by atoms with van der Waals surface area (Å²) in [6, 6.07) is 6.91. The maximum atomic E-state index is 12.6. The van der Waals surface area contributed by atoms with Gasteiger partial charge in [-0.05, 0) is 31.0 Å². The number of aromatic hydroxyl groups is 1. The summed E-state index contributed by atoms with van der Waals surface area (Å²) in [4.78, 5) is 24.5. The van der Waals surface area contributed by atoms with Gasteiger partial charge in [0.2, 0.25) is 5.88 Å². The van der Waals surface area contributed by atoms with E-state index in [9.17, 15) is 9.90 Å². The standard InChI is InChI=1S/C19H20N6O2/c20-16-12-25(14-5-6-21-18(26)9-14)19(27)15(16)11-22-13-3-4-17(23-10-13)24-7-1-2-8-24/h3-6,9-11,20,22H,1-2,7-8,12H2,(H,21,26)/b15-11+,20-16?. The maximum Gasteiger partial charge on any atom is 0.262 e. The molecule has 8 nitrogen and oxygen atoms in total. The highest BCUT2D eigenvalue weighted by Gasteiger charge is 2.32. The van der Waals surface area contributed by atoms with Gasteiger partial charge in [-0.25, -0.2) is 9.97 Å². The van der Waals surface area contributed by atoms with Crippen LogP contribution >= 0.6 is 0 Å². The zero-order chi connectivity index (χ0) is 18.8. The van der Waals surface area contributed by atoms with Crippen LogP contribution in [0, 0.1) is 5.41 Å². The summed E-state index contributed by atoms with van der Waals surface area (Å²) in [6.45, 7) is 2.23. The first kappa shape index (κ1) is 17.0. The Balaban J connectivity index is 1.47. The van der Waals surface area contributed by atoms with Crippen LogP contribution in [0.15, 0.2) is 48.4 Å². The van der Waals surface area contributed by atoms with E-state index in [-0.39, 0.29) is 29.6 Å². The minimum atomic E-state index is -0.292. The summed E-state index contributed by atoms with van der Waals surface area (Å²) < 4.78 is 0. The number of rotatable bonds is 4. The van der Waals surface area contributed by atoms with Crippen LogP contribution in [-0.2, 0) is 4.79 Å². The average Bonchev–Trinajstić information content (AvgIpc) is 3.30. The molecule has 4 heterocycles. The van der Waals surface area contributed by atoms with Gasteiger partial charge in [0.05, 0.1) is 35.4 Å². The molecule has 2 aromatic heterocycles. The number of pyridine rings is 2. The van der Waals surface area contributed by atoms with Crippen molar-refractivity contribution < 1.29 is 9.90 Å². The smallest absolute Gasteiger partial charge is 0.262 e. The Bertz CT molecular complexity index is 903. The van der Waals surface area contributed by atoms with Gasteiger partial charge in [-0.2, -0.15) is 0 Å². The molecule has 0 spiro atoms. The highest BCUT2D eigenvalue weighted by molar-refractivity contribution is 6.32. The van der Waals surface area contributed by atoms with E-state index in [4.69, 9.17) is 5.41 Å². The molecule has 138 valence electrons. The first-order valence-electron chi connectivity index (χ1n) is 8.84. The molecule has 2 aliphatic heterocycles. The number of anilines is 3. The van der Waals surface area contributed by atoms with Crippen molar-refractivity contribution in [1.29, 1.82) is 5.41 Å². The second-order valence-corrected chi connectivity index (χ2v) is 6.54. The molecular weight excluding hydrogens is 344 g/mol. The molecule has 0 aliphatic carbocycles. The van der Waals surface area contributed by atoms with Gasteiger partial charge in [0.1, 0.15) is 5.82 Å². The zero-order valence-corrected chi connectivity index (χ0v) is 14.7. The van der Waals surface area contributed by atoms with E-state index in [2.05, 4.69) is 20.2 Å². The Morgan fingerprint density at radius 3 is 2.70 bits per heavy atom. The number of carbonyl (C=O) groups excluding carboxylic acids is 1. The Morgan fingerprint density at radius 1 is 1.19 bits per heavy atom. The van der Waals surface area contributed by atoms with E-state index in [1.807, 2.05) is 12.1 Å². The predicted molar refractivity (Wildman–Crippen MR) is 103 cm³/mol. The summed E-state index contributed by atoms with van der Waals surface area (Å²) in [5.74, 6) is 0.505. The lowest BCUT2D eigenvalue weighted by molar-refractivity contribution is -0.114. The topological polar surface area (TPSA) is 105 Å². The van der Waals surface area contributed by atoms with Crippen LogP contribution in [-0.4, -0.2) is 46.3 Å². The lowest BCUT2D eigenvalue weighted by Gasteiger charge is -2.16. The Hall–Kier alpha value is -3.42. The quantitative estimate of drug-likeness (QED) is 0.718. The van der Waals surface area contributed by atoms with Gasteiger partial charge < -0.3 is 25.6 Å². The lowest BCUT2D eigenvalue weighted by Crippen LogP contribution is -2.24. The van der Waals surface area contributed by atoms with Crippen molar-refractivity contribution in [3.63, 3.8) is 0 Å². The number of amides is 1. The van der Waals surface area contributed by atoms with Crippen molar-refractivity contribution in [2.75, 3.05) is 34.8 Å². The van der Waals surface area contributed by atoms with Crippen molar-refractivity contribution in [3.05, 3.63) is 48.4 Å². The third-order valence-corrected chi connectivity index (χ3v) is 4.72. The summed E-state index contributed by atoms with van der Waals surface area (Å²) in [5.41, 5.74) is 1.77. The minimum absolute atomic E-state index is 0.155. The molecule has 8 heteroatoms. The predicted octanol–water partition coefficient (Wildman–Crippen LogP) is 2.14. The van der Waals surface area contributed by atoms with E-state index < -0.39 is 0 Å². The average molecular weight is 364 g/mol. The first-order valence-corrected chi connectivity index (χ1v) is 8.84. The first-order chi connectivity index (χ1) is 13.1. The Kier molecular flexibility index (Phi) is 4.45. The van der Waals surface area contributed by atoms with Crippen molar-refractivity contribution in [1.82, 2.24) is 9.97 Å². The largest absolute Gasteiger partial charge is 0.493 e. The number of carbonyl (C=O) groups is 1. The molecule has 4 rings (SSSR count). The molecule has 0 saturated carbocycles. The number of nitrogens with one attached hydrogen (secondary N) is 2. The molecule has 0 aromatic carbocycles. The van der Waals surface area contributed by atoms with E-state index in [1.165, 1.54) is 36.2 Å². The Labute approximate surface area is 156 Å². The number of hydrogen-bond acceptors (Lipinski definition) is 7. The van der Waals surface area contributed by atoms with Gasteiger partial charge in [0.15, 0.2) is 0 Å². The molecule has 2 aromatic rings. The van der Waals surface area contributed by atoms with E-state index in [0.717, 1.165) is 24.6 Å². The van der Waals surface area contributed by atoms with Gasteiger partial charge in [-0.15, -0.1) is 0 Å². The number of aromatic nitrogens is 2. The third-order valence-electron chi connectivity index (χ3n) is 4.72. The molecule has 2 aliphatic rings. The summed E-state index contributed by atoms with van der Waals surface area (Å²) in [5, 5.41) is 20.7. The summed E-state index contributed by atoms with van der Waals surface area (Å²) in [6.07, 6.45) is 7.09. The molecule has 2 saturated heterocycles. The molecule has 0 radical (unpaired) electrons. The van der Waals surface area contributed by atoms with Crippen molar-refractivity contribution in [2.24, 2.45) is 0 Å². The maximum absolute atomic E-state index is 12.6. The van der Waals surface area contributed by atoms with Gasteiger partial charge >= 0.3 is 0 Å². The highest BCUT2D eigenvalue weighted by Crippen LogP contribution is 2.25. The van der Waals surface area contributed by atoms with Crippen LogP contribution in [0.4, 0.5) is 17.2 Å². The second kappa shape index (κ2) is 7.06. The normalized spacial score (nSPS) is 18.6. The molecule has 2 fully saturated rings. The molecule has 1 amide bonds.